The van der Waals surface area contributed by atoms with Crippen LogP contribution in [0.4, 0.5) is 5.69 Å². The van der Waals surface area contributed by atoms with Gasteiger partial charge in [-0.1, -0.05) is 44.4 Å². The van der Waals surface area contributed by atoms with Crippen LogP contribution in [0.1, 0.15) is 93.1 Å². The lowest BCUT2D eigenvalue weighted by atomic mass is 9.62. The molecule has 0 spiro atoms. The third-order valence-corrected chi connectivity index (χ3v) is 15.4. The van der Waals surface area contributed by atoms with E-state index in [0.29, 0.717) is 44.1 Å². The highest BCUT2D eigenvalue weighted by molar-refractivity contribution is 7.84. The van der Waals surface area contributed by atoms with Gasteiger partial charge in [-0.3, -0.25) is 19.3 Å². The summed E-state index contributed by atoms with van der Waals surface area (Å²) in [5.74, 6) is 1.02. The highest BCUT2D eigenvalue weighted by Crippen LogP contribution is 2.47. The number of carbonyl (C=O) groups excluding carboxylic acids is 2. The molecule has 4 heterocycles. The molecular weight excluding hydrogens is 774 g/mol. The average molecular weight is 843 g/mol. The van der Waals surface area contributed by atoms with Gasteiger partial charge in [-0.2, -0.15) is 0 Å². The molecule has 13 heteroatoms. The van der Waals surface area contributed by atoms with Crippen molar-refractivity contribution in [1.29, 1.82) is 0 Å². The summed E-state index contributed by atoms with van der Waals surface area (Å²) in [5.41, 5.74) is 2.98. The number of fused-ring (bicyclic) bond motifs is 3. The number of aryl methyl sites for hydroxylation is 1. The van der Waals surface area contributed by atoms with E-state index in [9.17, 15) is 18.9 Å². The van der Waals surface area contributed by atoms with Crippen molar-refractivity contribution in [1.82, 2.24) is 19.4 Å². The number of amides is 1. The van der Waals surface area contributed by atoms with Crippen molar-refractivity contribution < 1.29 is 28.4 Å². The number of halogens is 1. The van der Waals surface area contributed by atoms with Crippen LogP contribution in [-0.2, 0) is 26.9 Å². The van der Waals surface area contributed by atoms with E-state index in [0.717, 1.165) is 114 Å². The Labute approximate surface area is 354 Å². The van der Waals surface area contributed by atoms with E-state index < -0.39 is 16.6 Å². The number of aliphatic hydroxyl groups is 1. The first kappa shape index (κ1) is 45.0. The number of methoxy groups -OCH3 is 1. The van der Waals surface area contributed by atoms with E-state index in [4.69, 9.17) is 16.3 Å². The Bertz CT molecular complexity index is 1720. The van der Waals surface area contributed by atoms with E-state index in [1.807, 2.05) is 25.1 Å². The van der Waals surface area contributed by atoms with Gasteiger partial charge < -0.3 is 29.2 Å². The Kier molecular flexibility index (Phi) is 16.1. The summed E-state index contributed by atoms with van der Waals surface area (Å²) >= 11 is 6.50. The number of anilines is 1. The number of piperazine rings is 2. The fourth-order valence-electron chi connectivity index (χ4n) is 10.1. The molecule has 2 saturated heterocycles. The number of benzene rings is 2. The molecule has 3 fully saturated rings. The zero-order chi connectivity index (χ0) is 41.4. The Morgan fingerprint density at radius 2 is 1.78 bits per heavy atom. The highest BCUT2D eigenvalue weighted by atomic mass is 35.5. The number of hydrogen-bond acceptors (Lipinski definition) is 10. The number of nitrogens with zero attached hydrogens (tertiary/aromatic N) is 4. The molecule has 58 heavy (non-hydrogen) atoms. The summed E-state index contributed by atoms with van der Waals surface area (Å²) in [6, 6.07) is 12.2. The van der Waals surface area contributed by atoms with Crippen molar-refractivity contribution >= 4 is 40.5 Å². The molecule has 2 bridgehead atoms. The predicted molar refractivity (Wildman–Crippen MR) is 233 cm³/mol. The molecule has 0 radical (unpaired) electrons. The van der Waals surface area contributed by atoms with Crippen LogP contribution in [0.25, 0.3) is 0 Å². The third kappa shape index (κ3) is 10.8. The fraction of sp³-hybridized carbons (Fsp3) is 0.689. The first-order valence-corrected chi connectivity index (χ1v) is 23.3. The van der Waals surface area contributed by atoms with Gasteiger partial charge >= 0.3 is 0 Å². The standard InChI is InChI=1S/C43H62ClN5O5S.C2H6O/c1-4-7-32-22-36(44)11-12-38(32)35-25-49-24-34-9-13-39(34)43(52,29-47-18-20-48-19-17-46(16-6-21-50)26-37(48)27-47)15-5-8-30(2)31(3)55(53)45-42(51)33-10-14-41(54-28-35)40(49)23-33;1-3-2/h10-12,14,21-23,30-31,34-35,37,39,52H,4-9,13,15-20,24-29H2,1-3H3,(H,45,51);1-2H3. The second-order valence-corrected chi connectivity index (χ2v) is 19.6. The summed E-state index contributed by atoms with van der Waals surface area (Å²) in [4.78, 5) is 34.7. The molecule has 1 saturated carbocycles. The van der Waals surface area contributed by atoms with Crippen LogP contribution in [0.3, 0.4) is 0 Å². The maximum atomic E-state index is 13.6. The van der Waals surface area contributed by atoms with Gasteiger partial charge in [-0.05, 0) is 98.2 Å². The van der Waals surface area contributed by atoms with Crippen molar-refractivity contribution in [2.24, 2.45) is 17.8 Å². The maximum Gasteiger partial charge on any atom is 0.263 e. The van der Waals surface area contributed by atoms with Gasteiger partial charge in [0.15, 0.2) is 0 Å². The fourth-order valence-corrected chi connectivity index (χ4v) is 11.3. The normalized spacial score (nSPS) is 31.3. The molecule has 5 aliphatic rings. The van der Waals surface area contributed by atoms with Crippen LogP contribution in [0.15, 0.2) is 36.4 Å². The molecule has 1 amide bonds. The molecule has 0 aromatic heterocycles. The topological polar surface area (TPSA) is 115 Å². The number of aldehydes is 1. The molecule has 4 aliphatic heterocycles. The Hall–Kier alpha value is -2.58. The van der Waals surface area contributed by atoms with Gasteiger partial charge in [0.25, 0.3) is 5.91 Å². The van der Waals surface area contributed by atoms with Crippen LogP contribution in [0.5, 0.6) is 5.75 Å². The van der Waals surface area contributed by atoms with E-state index in [1.165, 1.54) is 11.1 Å². The number of rotatable bonds is 8. The van der Waals surface area contributed by atoms with Crippen molar-refractivity contribution in [3.05, 3.63) is 58.1 Å². The molecule has 8 unspecified atom stereocenters. The van der Waals surface area contributed by atoms with E-state index >= 15 is 0 Å². The van der Waals surface area contributed by atoms with Crippen molar-refractivity contribution in [3.8, 4) is 5.75 Å². The van der Waals surface area contributed by atoms with Crippen LogP contribution in [0.2, 0.25) is 5.02 Å². The SMILES string of the molecule is CCCc1cc(Cl)ccc1C1COc2ccc3cc2N(C1)CC1CCC1C(O)(CN1CCN2CCN(CCC=O)CC2C1)CCCC(C)C(C)S(=O)NC3=O.COC. The highest BCUT2D eigenvalue weighted by Gasteiger charge is 2.49. The van der Waals surface area contributed by atoms with Gasteiger partial charge in [-0.25, -0.2) is 4.21 Å². The zero-order valence-corrected chi connectivity index (χ0v) is 37.1. The number of carbonyl (C=O) groups is 2. The molecule has 1 aliphatic carbocycles. The van der Waals surface area contributed by atoms with Crippen LogP contribution in [0, 0.1) is 17.8 Å². The minimum Gasteiger partial charge on any atom is -0.491 e. The van der Waals surface area contributed by atoms with Gasteiger partial charge in [-0.15, -0.1) is 0 Å². The number of hydrogen-bond donors (Lipinski definition) is 2. The second-order valence-electron chi connectivity index (χ2n) is 17.6. The van der Waals surface area contributed by atoms with Crippen molar-refractivity contribution in [2.45, 2.75) is 94.9 Å². The molecular formula is C45H68ClN5O6S. The van der Waals surface area contributed by atoms with E-state index in [1.54, 1.807) is 20.3 Å². The van der Waals surface area contributed by atoms with Crippen LogP contribution in [-0.4, -0.2) is 139 Å². The zero-order valence-electron chi connectivity index (χ0n) is 35.5. The summed E-state index contributed by atoms with van der Waals surface area (Å²) < 4.78 is 27.2. The molecule has 2 aromatic rings. The maximum absolute atomic E-state index is 13.6. The average Bonchev–Trinajstić information content (AvgIpc) is 3.37. The van der Waals surface area contributed by atoms with Gasteiger partial charge in [0.05, 0.1) is 23.1 Å². The Morgan fingerprint density at radius 3 is 2.50 bits per heavy atom. The number of β-amino-alcohol motifs (C(OH)–C–C–N with tert-alkyl or cyclic N) is 1. The first-order chi connectivity index (χ1) is 28.0. The van der Waals surface area contributed by atoms with Crippen LogP contribution < -0.4 is 14.4 Å². The van der Waals surface area contributed by atoms with E-state index in [2.05, 4.69) is 55.0 Å². The predicted octanol–water partition coefficient (Wildman–Crippen LogP) is 5.79. The Balaban J connectivity index is 0.00000183. The van der Waals surface area contributed by atoms with Gasteiger partial charge in [0.2, 0.25) is 0 Å². The van der Waals surface area contributed by atoms with Crippen molar-refractivity contribution in [2.75, 3.05) is 91.2 Å². The lowest BCUT2D eigenvalue weighted by molar-refractivity contribution is -0.116. The molecule has 11 nitrogen and oxygen atoms in total. The number of nitrogens with one attached hydrogen (secondary N) is 1. The van der Waals surface area contributed by atoms with Crippen LogP contribution >= 0.6 is 11.6 Å². The van der Waals surface area contributed by atoms with Gasteiger partial charge in [0.1, 0.15) is 23.0 Å². The van der Waals surface area contributed by atoms with Gasteiger partial charge in [0, 0.05) is 109 Å². The molecule has 2 N–H and O–H groups in total. The summed E-state index contributed by atoms with van der Waals surface area (Å²) in [6.07, 6.45) is 7.92. The summed E-state index contributed by atoms with van der Waals surface area (Å²) in [5, 5.41) is 13.5. The lowest BCUT2D eigenvalue weighted by Crippen LogP contribution is -2.64. The largest absolute Gasteiger partial charge is 0.491 e. The Morgan fingerprint density at radius 1 is 1.02 bits per heavy atom. The van der Waals surface area contributed by atoms with Crippen molar-refractivity contribution in [3.63, 3.8) is 0 Å². The smallest absolute Gasteiger partial charge is 0.263 e. The molecule has 7 rings (SSSR count). The minimum absolute atomic E-state index is 0.0826. The summed E-state index contributed by atoms with van der Waals surface area (Å²) in [7, 11) is 1.69. The number of ether oxygens (including phenoxy) is 2. The lowest BCUT2D eigenvalue weighted by Gasteiger charge is -2.53. The monoisotopic (exact) mass is 841 g/mol. The molecule has 8 atom stereocenters. The quantitative estimate of drug-likeness (QED) is 0.317. The second kappa shape index (κ2) is 20.8. The third-order valence-electron chi connectivity index (χ3n) is 13.6. The van der Waals surface area contributed by atoms with E-state index in [-0.39, 0.29) is 34.8 Å². The minimum atomic E-state index is -1.56. The molecule has 2 aromatic carbocycles. The first-order valence-electron chi connectivity index (χ1n) is 21.7. The summed E-state index contributed by atoms with van der Waals surface area (Å²) in [6.45, 7) is 15.6. The molecule has 322 valence electrons.